The number of nitrogens with zero attached hydrogens (tertiary/aromatic N) is 1. The van der Waals surface area contributed by atoms with Crippen LogP contribution in [0.2, 0.25) is 0 Å². The Bertz CT molecular complexity index is 163. The van der Waals surface area contributed by atoms with Gasteiger partial charge in [-0.15, -0.1) is 0 Å². The molecule has 0 atom stereocenters. The lowest BCUT2D eigenvalue weighted by Gasteiger charge is -1.98. The molecular weight excluding hydrogens is 264 g/mol. The Labute approximate surface area is 108 Å². The highest BCUT2D eigenvalue weighted by atomic mass is 79.9. The Hall–Kier alpha value is -0.310. The number of aromatic amines is 1. The summed E-state index contributed by atoms with van der Waals surface area (Å²) < 4.78 is 0. The number of unbranched alkanes of at least 4 members (excludes halogenated alkanes) is 7. The van der Waals surface area contributed by atoms with E-state index >= 15 is 0 Å². The highest BCUT2D eigenvalue weighted by Gasteiger charge is 1.89. The zero-order chi connectivity index (χ0) is 11.9. The predicted octanol–water partition coefficient (Wildman–Crippen LogP) is 4.93. The molecule has 0 unspecified atom stereocenters. The highest BCUT2D eigenvalue weighted by Crippen LogP contribution is 2.08. The summed E-state index contributed by atoms with van der Waals surface area (Å²) in [7, 11) is 0. The van der Waals surface area contributed by atoms with Gasteiger partial charge in [0.05, 0.1) is 6.33 Å². The molecule has 16 heavy (non-hydrogen) atoms. The van der Waals surface area contributed by atoms with E-state index in [-0.39, 0.29) is 0 Å². The van der Waals surface area contributed by atoms with Crippen LogP contribution in [0.5, 0.6) is 0 Å². The van der Waals surface area contributed by atoms with Gasteiger partial charge in [0, 0.05) is 17.7 Å². The smallest absolute Gasteiger partial charge is 0.0919 e. The summed E-state index contributed by atoms with van der Waals surface area (Å²) in [5.41, 5.74) is 0. The summed E-state index contributed by atoms with van der Waals surface area (Å²) in [5.74, 6) is 0. The zero-order valence-electron chi connectivity index (χ0n) is 10.4. The number of halogens is 1. The first kappa shape index (κ1) is 15.7. The third-order valence-corrected chi connectivity index (χ3v) is 2.95. The first-order valence-electron chi connectivity index (χ1n) is 6.40. The van der Waals surface area contributed by atoms with Crippen molar-refractivity contribution in [3.05, 3.63) is 18.7 Å². The second kappa shape index (κ2) is 14.7. The Balaban J connectivity index is 0.000000368. The monoisotopic (exact) mass is 288 g/mol. The van der Waals surface area contributed by atoms with Gasteiger partial charge in [-0.25, -0.2) is 4.98 Å². The van der Waals surface area contributed by atoms with Crippen molar-refractivity contribution in [2.45, 2.75) is 58.3 Å². The molecule has 1 N–H and O–H groups in total. The summed E-state index contributed by atoms with van der Waals surface area (Å²) in [6.07, 6.45) is 16.4. The molecule has 1 heterocycles. The summed E-state index contributed by atoms with van der Waals surface area (Å²) in [4.78, 5) is 6.42. The van der Waals surface area contributed by atoms with Crippen LogP contribution in [0.25, 0.3) is 0 Å². The number of alkyl halides is 1. The van der Waals surface area contributed by atoms with Crippen molar-refractivity contribution >= 4 is 15.9 Å². The Morgan fingerprint density at radius 2 is 1.62 bits per heavy atom. The fourth-order valence-corrected chi connectivity index (χ4v) is 1.84. The van der Waals surface area contributed by atoms with Crippen molar-refractivity contribution in [2.75, 3.05) is 5.33 Å². The van der Waals surface area contributed by atoms with Gasteiger partial charge >= 0.3 is 0 Å². The van der Waals surface area contributed by atoms with Gasteiger partial charge in [-0.1, -0.05) is 67.8 Å². The number of imidazole rings is 1. The van der Waals surface area contributed by atoms with Crippen molar-refractivity contribution in [3.8, 4) is 0 Å². The second-order valence-corrected chi connectivity index (χ2v) is 4.72. The third-order valence-electron chi connectivity index (χ3n) is 2.39. The average Bonchev–Trinajstić information content (AvgIpc) is 2.87. The quantitative estimate of drug-likeness (QED) is 0.533. The van der Waals surface area contributed by atoms with Crippen LogP contribution < -0.4 is 0 Å². The minimum atomic E-state index is 1.18. The van der Waals surface area contributed by atoms with Crippen molar-refractivity contribution in [1.82, 2.24) is 9.97 Å². The van der Waals surface area contributed by atoms with E-state index in [9.17, 15) is 0 Å². The van der Waals surface area contributed by atoms with Gasteiger partial charge < -0.3 is 4.98 Å². The van der Waals surface area contributed by atoms with Crippen LogP contribution >= 0.6 is 15.9 Å². The van der Waals surface area contributed by atoms with Gasteiger partial charge in [0.25, 0.3) is 0 Å². The van der Waals surface area contributed by atoms with E-state index in [4.69, 9.17) is 0 Å². The fourth-order valence-electron chi connectivity index (χ4n) is 1.44. The molecule has 94 valence electrons. The molecule has 1 rings (SSSR count). The maximum Gasteiger partial charge on any atom is 0.0919 e. The summed E-state index contributed by atoms with van der Waals surface area (Å²) >= 11 is 3.44. The van der Waals surface area contributed by atoms with E-state index in [1.807, 2.05) is 0 Å². The van der Waals surface area contributed by atoms with Crippen LogP contribution in [0, 0.1) is 0 Å². The number of nitrogens with one attached hydrogen (secondary N) is 1. The van der Waals surface area contributed by atoms with Gasteiger partial charge in [0.15, 0.2) is 0 Å². The second-order valence-electron chi connectivity index (χ2n) is 3.92. The fraction of sp³-hybridized carbons (Fsp3) is 0.769. The van der Waals surface area contributed by atoms with Crippen LogP contribution in [-0.4, -0.2) is 15.3 Å². The Kier molecular flexibility index (Phi) is 14.4. The number of aromatic nitrogens is 2. The number of rotatable bonds is 8. The summed E-state index contributed by atoms with van der Waals surface area (Å²) in [6, 6.07) is 0. The summed E-state index contributed by atoms with van der Waals surface area (Å²) in [6.45, 7) is 2.27. The standard InChI is InChI=1S/C10H21Br.C3H4N2/c1-2-3-4-5-6-7-8-9-10-11;1-2-5-3-4-1/h2-10H2,1H3;1-3H,(H,4,5). The zero-order valence-corrected chi connectivity index (χ0v) is 12.0. The molecule has 0 spiro atoms. The molecule has 1 aromatic heterocycles. The van der Waals surface area contributed by atoms with Gasteiger partial charge in [0.1, 0.15) is 0 Å². The minimum absolute atomic E-state index is 1.18. The number of H-pyrrole nitrogens is 1. The van der Waals surface area contributed by atoms with E-state index in [1.165, 1.54) is 56.7 Å². The Morgan fingerprint density at radius 1 is 1.00 bits per heavy atom. The SMILES string of the molecule is CCCCCCCCCCBr.c1c[nH]cn1. The van der Waals surface area contributed by atoms with Crippen LogP contribution in [0.15, 0.2) is 18.7 Å². The lowest BCUT2D eigenvalue weighted by atomic mass is 10.1. The van der Waals surface area contributed by atoms with E-state index in [0.717, 1.165) is 0 Å². The van der Waals surface area contributed by atoms with Gasteiger partial charge in [-0.3, -0.25) is 0 Å². The molecule has 0 aromatic carbocycles. The van der Waals surface area contributed by atoms with E-state index in [2.05, 4.69) is 32.8 Å². The van der Waals surface area contributed by atoms with Crippen LogP contribution in [-0.2, 0) is 0 Å². The van der Waals surface area contributed by atoms with Crippen molar-refractivity contribution in [2.24, 2.45) is 0 Å². The molecule has 0 fully saturated rings. The van der Waals surface area contributed by atoms with Crippen molar-refractivity contribution in [3.63, 3.8) is 0 Å². The topological polar surface area (TPSA) is 28.7 Å². The number of hydrogen-bond donors (Lipinski definition) is 1. The summed E-state index contributed by atoms with van der Waals surface area (Å²) in [5, 5.41) is 1.18. The molecule has 1 aromatic rings. The average molecular weight is 289 g/mol. The maximum atomic E-state index is 3.67. The first-order chi connectivity index (χ1) is 7.91. The normalized spacial score (nSPS) is 9.62. The molecule has 0 aliphatic heterocycles. The van der Waals surface area contributed by atoms with E-state index in [1.54, 1.807) is 18.7 Å². The highest BCUT2D eigenvalue weighted by molar-refractivity contribution is 9.09. The largest absolute Gasteiger partial charge is 0.351 e. The predicted molar refractivity (Wildman–Crippen MR) is 75.0 cm³/mol. The molecule has 0 radical (unpaired) electrons. The lowest BCUT2D eigenvalue weighted by Crippen LogP contribution is -1.80. The van der Waals surface area contributed by atoms with Crippen LogP contribution in [0.1, 0.15) is 58.3 Å². The van der Waals surface area contributed by atoms with Gasteiger partial charge in [-0.05, 0) is 6.42 Å². The third kappa shape index (κ3) is 13.7. The number of hydrogen-bond acceptors (Lipinski definition) is 1. The first-order valence-corrected chi connectivity index (χ1v) is 7.52. The molecular formula is C13H25BrN2. The molecule has 0 bridgehead atoms. The van der Waals surface area contributed by atoms with Crippen molar-refractivity contribution in [1.29, 1.82) is 0 Å². The van der Waals surface area contributed by atoms with E-state index < -0.39 is 0 Å². The van der Waals surface area contributed by atoms with Crippen LogP contribution in [0.4, 0.5) is 0 Å². The molecule has 0 saturated carbocycles. The molecule has 0 aliphatic carbocycles. The van der Waals surface area contributed by atoms with Gasteiger partial charge in [0.2, 0.25) is 0 Å². The molecule has 2 nitrogen and oxygen atoms in total. The van der Waals surface area contributed by atoms with Gasteiger partial charge in [-0.2, -0.15) is 0 Å². The molecule has 0 amide bonds. The maximum absolute atomic E-state index is 3.67. The van der Waals surface area contributed by atoms with Crippen LogP contribution in [0.3, 0.4) is 0 Å². The molecule has 3 heteroatoms. The molecule has 0 aliphatic rings. The Morgan fingerprint density at radius 3 is 2.00 bits per heavy atom. The lowest BCUT2D eigenvalue weighted by molar-refractivity contribution is 0.587. The minimum Gasteiger partial charge on any atom is -0.351 e. The van der Waals surface area contributed by atoms with Crippen molar-refractivity contribution < 1.29 is 0 Å². The molecule has 0 saturated heterocycles. The van der Waals surface area contributed by atoms with E-state index in [0.29, 0.717) is 0 Å².